The molecule has 7 aromatic rings. The van der Waals surface area contributed by atoms with Crippen LogP contribution in [-0.4, -0.2) is 0 Å². The molecule has 0 bridgehead atoms. The SMILES string of the molecule is Cc1ccc(N(c2ccc(C=Cc3cccc(C=Cc4ccc(N(c5ccc(C)cc5)c5ccc(C)cc5C)cc4)c3)cc2)c2ccc(C)cc2C)cc1. The first-order chi connectivity index (χ1) is 26.2. The summed E-state index contributed by atoms with van der Waals surface area (Å²) in [6.07, 6.45) is 8.76. The summed E-state index contributed by atoms with van der Waals surface area (Å²) in [5.41, 5.74) is 19.1. The van der Waals surface area contributed by atoms with Gasteiger partial charge >= 0.3 is 0 Å². The van der Waals surface area contributed by atoms with Gasteiger partial charge in [-0.1, -0.05) is 138 Å². The fourth-order valence-corrected chi connectivity index (χ4v) is 6.97. The molecule has 0 spiro atoms. The average Bonchev–Trinajstić information content (AvgIpc) is 3.17. The number of hydrogen-bond donors (Lipinski definition) is 0. The van der Waals surface area contributed by atoms with E-state index in [1.165, 1.54) is 44.8 Å². The lowest BCUT2D eigenvalue weighted by Crippen LogP contribution is -2.11. The van der Waals surface area contributed by atoms with Crippen LogP contribution in [0.2, 0.25) is 0 Å². The Morgan fingerprint density at radius 2 is 0.611 bits per heavy atom. The maximum atomic E-state index is 2.34. The molecule has 0 saturated heterocycles. The molecule has 0 aliphatic heterocycles. The molecule has 2 heteroatoms. The normalized spacial score (nSPS) is 11.4. The highest BCUT2D eigenvalue weighted by molar-refractivity contribution is 5.82. The van der Waals surface area contributed by atoms with E-state index in [1.807, 2.05) is 0 Å². The third-order valence-corrected chi connectivity index (χ3v) is 9.92. The van der Waals surface area contributed by atoms with Crippen LogP contribution < -0.4 is 9.80 Å². The molecule has 266 valence electrons. The van der Waals surface area contributed by atoms with Crippen LogP contribution in [0.4, 0.5) is 34.1 Å². The Balaban J connectivity index is 1.07. The lowest BCUT2D eigenvalue weighted by Gasteiger charge is -2.27. The van der Waals surface area contributed by atoms with Gasteiger partial charge in [0.25, 0.3) is 0 Å². The first-order valence-electron chi connectivity index (χ1n) is 18.7. The maximum Gasteiger partial charge on any atom is 0.0490 e. The van der Waals surface area contributed by atoms with Crippen molar-refractivity contribution in [3.8, 4) is 0 Å². The molecule has 0 N–H and O–H groups in total. The summed E-state index contributed by atoms with van der Waals surface area (Å²) < 4.78 is 0. The van der Waals surface area contributed by atoms with Crippen molar-refractivity contribution >= 4 is 58.4 Å². The van der Waals surface area contributed by atoms with Crippen LogP contribution in [-0.2, 0) is 0 Å². The first kappa shape index (κ1) is 36.0. The predicted octanol–water partition coefficient (Wildman–Crippen LogP) is 14.8. The molecular formula is C52H48N2. The minimum atomic E-state index is 1.14. The highest BCUT2D eigenvalue weighted by Crippen LogP contribution is 2.38. The van der Waals surface area contributed by atoms with Crippen LogP contribution in [0.5, 0.6) is 0 Å². The quantitative estimate of drug-likeness (QED) is 0.131. The van der Waals surface area contributed by atoms with Gasteiger partial charge in [0.1, 0.15) is 0 Å². The number of rotatable bonds is 10. The van der Waals surface area contributed by atoms with Crippen LogP contribution >= 0.6 is 0 Å². The molecule has 0 aliphatic rings. The Bertz CT molecular complexity index is 2240. The van der Waals surface area contributed by atoms with Crippen molar-refractivity contribution in [3.05, 3.63) is 213 Å². The number of anilines is 6. The lowest BCUT2D eigenvalue weighted by atomic mass is 10.1. The van der Waals surface area contributed by atoms with Crippen LogP contribution in [0, 0.1) is 41.5 Å². The van der Waals surface area contributed by atoms with E-state index in [0.29, 0.717) is 0 Å². The van der Waals surface area contributed by atoms with Gasteiger partial charge in [-0.15, -0.1) is 0 Å². The summed E-state index contributed by atoms with van der Waals surface area (Å²) in [5, 5.41) is 0. The van der Waals surface area contributed by atoms with Crippen molar-refractivity contribution in [3.63, 3.8) is 0 Å². The van der Waals surface area contributed by atoms with E-state index in [9.17, 15) is 0 Å². The monoisotopic (exact) mass is 700 g/mol. The Hall–Kier alpha value is -6.38. The van der Waals surface area contributed by atoms with Crippen LogP contribution in [0.15, 0.2) is 158 Å². The van der Waals surface area contributed by atoms with Crippen molar-refractivity contribution in [2.45, 2.75) is 41.5 Å². The minimum absolute atomic E-state index is 1.14. The van der Waals surface area contributed by atoms with Crippen LogP contribution in [0.25, 0.3) is 24.3 Å². The molecule has 0 heterocycles. The van der Waals surface area contributed by atoms with E-state index < -0.39 is 0 Å². The lowest BCUT2D eigenvalue weighted by molar-refractivity contribution is 1.23. The Labute approximate surface area is 322 Å². The van der Waals surface area contributed by atoms with Gasteiger partial charge in [0.2, 0.25) is 0 Å². The Morgan fingerprint density at radius 1 is 0.296 bits per heavy atom. The summed E-state index contributed by atoms with van der Waals surface area (Å²) >= 11 is 0. The van der Waals surface area contributed by atoms with E-state index in [4.69, 9.17) is 0 Å². The smallest absolute Gasteiger partial charge is 0.0490 e. The van der Waals surface area contributed by atoms with E-state index in [1.54, 1.807) is 0 Å². The second kappa shape index (κ2) is 16.1. The standard InChI is InChI=1S/C52H48N2/c1-37-10-24-47(25-11-37)53(51-32-14-39(3)34-41(51)5)49-28-20-43(21-29-49)16-18-45-8-7-9-46(36-45)19-17-44-22-30-50(31-23-44)54(48-26-12-38(2)13-27-48)52-33-15-40(4)35-42(52)6/h7-36H,1-6H3. The van der Waals surface area contributed by atoms with Gasteiger partial charge in [-0.3, -0.25) is 0 Å². The fraction of sp³-hybridized carbons (Fsp3) is 0.115. The Morgan fingerprint density at radius 3 is 0.963 bits per heavy atom. The predicted molar refractivity (Wildman–Crippen MR) is 235 cm³/mol. The highest BCUT2D eigenvalue weighted by atomic mass is 15.1. The molecule has 7 aromatic carbocycles. The van der Waals surface area contributed by atoms with Gasteiger partial charge in [0, 0.05) is 34.1 Å². The number of benzene rings is 7. The van der Waals surface area contributed by atoms with Crippen LogP contribution in [0.1, 0.15) is 55.6 Å². The van der Waals surface area contributed by atoms with Gasteiger partial charge in [-0.2, -0.15) is 0 Å². The average molecular weight is 701 g/mol. The summed E-state index contributed by atoms with van der Waals surface area (Å²) in [4.78, 5) is 4.69. The molecule has 0 aliphatic carbocycles. The molecule has 2 nitrogen and oxygen atoms in total. The molecule has 7 rings (SSSR count). The van der Waals surface area contributed by atoms with E-state index in [-0.39, 0.29) is 0 Å². The zero-order valence-corrected chi connectivity index (χ0v) is 32.2. The molecule has 54 heavy (non-hydrogen) atoms. The zero-order chi connectivity index (χ0) is 37.6. The zero-order valence-electron chi connectivity index (χ0n) is 32.2. The second-order valence-electron chi connectivity index (χ2n) is 14.4. The Kier molecular flexibility index (Phi) is 10.7. The largest absolute Gasteiger partial charge is 0.310 e. The molecule has 0 atom stereocenters. The summed E-state index contributed by atoms with van der Waals surface area (Å²) in [7, 11) is 0. The van der Waals surface area contributed by atoms with Gasteiger partial charge in [0.15, 0.2) is 0 Å². The van der Waals surface area contributed by atoms with Crippen molar-refractivity contribution in [1.29, 1.82) is 0 Å². The molecular weight excluding hydrogens is 653 g/mol. The van der Waals surface area contributed by atoms with Gasteiger partial charge in [0.05, 0.1) is 0 Å². The van der Waals surface area contributed by atoms with E-state index in [2.05, 4.69) is 233 Å². The third kappa shape index (κ3) is 8.46. The van der Waals surface area contributed by atoms with Crippen molar-refractivity contribution in [1.82, 2.24) is 0 Å². The minimum Gasteiger partial charge on any atom is -0.310 e. The second-order valence-corrected chi connectivity index (χ2v) is 14.4. The van der Waals surface area contributed by atoms with Crippen molar-refractivity contribution in [2.24, 2.45) is 0 Å². The molecule has 0 unspecified atom stereocenters. The topological polar surface area (TPSA) is 6.48 Å². The highest BCUT2D eigenvalue weighted by Gasteiger charge is 2.16. The van der Waals surface area contributed by atoms with Crippen molar-refractivity contribution < 1.29 is 0 Å². The third-order valence-electron chi connectivity index (χ3n) is 9.92. The fourth-order valence-electron chi connectivity index (χ4n) is 6.97. The first-order valence-corrected chi connectivity index (χ1v) is 18.7. The summed E-state index contributed by atoms with van der Waals surface area (Å²) in [6, 6.07) is 57.2. The number of nitrogens with zero attached hydrogens (tertiary/aromatic N) is 2. The molecule has 0 saturated carbocycles. The summed E-state index contributed by atoms with van der Waals surface area (Å²) in [6.45, 7) is 12.9. The van der Waals surface area contributed by atoms with Crippen molar-refractivity contribution in [2.75, 3.05) is 9.80 Å². The van der Waals surface area contributed by atoms with E-state index >= 15 is 0 Å². The maximum absolute atomic E-state index is 2.34. The van der Waals surface area contributed by atoms with E-state index in [0.717, 1.165) is 45.0 Å². The van der Waals surface area contributed by atoms with Gasteiger partial charge < -0.3 is 9.80 Å². The molecule has 0 aromatic heterocycles. The molecule has 0 radical (unpaired) electrons. The summed E-state index contributed by atoms with van der Waals surface area (Å²) in [5.74, 6) is 0. The molecule has 0 amide bonds. The number of aryl methyl sites for hydroxylation is 6. The molecule has 0 fully saturated rings. The number of hydrogen-bond acceptors (Lipinski definition) is 2. The van der Waals surface area contributed by atoms with Gasteiger partial charge in [-0.25, -0.2) is 0 Å². The van der Waals surface area contributed by atoms with Crippen LogP contribution in [0.3, 0.4) is 0 Å². The van der Waals surface area contributed by atoms with Gasteiger partial charge in [-0.05, 0) is 142 Å².